The standard InChI is InChI=1S/C11H10BrFN2O/c1-14-5-8-6-16-11(15-8)9-3-2-7(12)4-10(9)13/h2-4,6,14H,5H2,1H3. The molecule has 0 amide bonds. The van der Waals surface area contributed by atoms with Gasteiger partial charge in [0.2, 0.25) is 5.89 Å². The first-order valence-corrected chi connectivity index (χ1v) is 5.54. The minimum Gasteiger partial charge on any atom is -0.444 e. The van der Waals surface area contributed by atoms with E-state index in [1.807, 2.05) is 7.05 Å². The Bertz CT molecular complexity index is 498. The fraction of sp³-hybridized carbons (Fsp3) is 0.182. The van der Waals surface area contributed by atoms with Crippen LogP contribution in [0, 0.1) is 5.82 Å². The topological polar surface area (TPSA) is 38.1 Å². The summed E-state index contributed by atoms with van der Waals surface area (Å²) in [4.78, 5) is 4.18. The number of hydrogen-bond donors (Lipinski definition) is 1. The predicted molar refractivity (Wildman–Crippen MR) is 62.4 cm³/mol. The van der Waals surface area contributed by atoms with Crippen molar-refractivity contribution < 1.29 is 8.81 Å². The summed E-state index contributed by atoms with van der Waals surface area (Å²) >= 11 is 3.20. The van der Waals surface area contributed by atoms with Gasteiger partial charge in [-0.1, -0.05) is 15.9 Å². The van der Waals surface area contributed by atoms with Gasteiger partial charge in [-0.2, -0.15) is 0 Å². The van der Waals surface area contributed by atoms with Crippen molar-refractivity contribution in [2.45, 2.75) is 6.54 Å². The van der Waals surface area contributed by atoms with Crippen molar-refractivity contribution in [3.63, 3.8) is 0 Å². The van der Waals surface area contributed by atoms with Crippen LogP contribution in [-0.4, -0.2) is 12.0 Å². The summed E-state index contributed by atoms with van der Waals surface area (Å²) in [7, 11) is 1.81. The van der Waals surface area contributed by atoms with E-state index in [0.717, 1.165) is 5.69 Å². The first-order chi connectivity index (χ1) is 7.70. The minimum atomic E-state index is -0.354. The van der Waals surface area contributed by atoms with E-state index in [9.17, 15) is 4.39 Å². The molecular formula is C11H10BrFN2O. The first kappa shape index (κ1) is 11.3. The van der Waals surface area contributed by atoms with Crippen molar-refractivity contribution >= 4 is 15.9 Å². The molecule has 0 atom stereocenters. The molecule has 1 heterocycles. The largest absolute Gasteiger partial charge is 0.444 e. The molecule has 0 aliphatic rings. The van der Waals surface area contributed by atoms with Gasteiger partial charge < -0.3 is 9.73 Å². The molecule has 0 spiro atoms. The third-order valence-electron chi connectivity index (χ3n) is 2.07. The normalized spacial score (nSPS) is 10.7. The number of halogens is 2. The summed E-state index contributed by atoms with van der Waals surface area (Å²) < 4.78 is 19.5. The molecule has 0 aliphatic carbocycles. The maximum atomic E-state index is 13.6. The number of nitrogens with zero attached hydrogens (tertiary/aromatic N) is 1. The van der Waals surface area contributed by atoms with Gasteiger partial charge in [0.15, 0.2) is 0 Å². The lowest BCUT2D eigenvalue weighted by atomic mass is 10.2. The van der Waals surface area contributed by atoms with Gasteiger partial charge in [0.25, 0.3) is 0 Å². The molecule has 16 heavy (non-hydrogen) atoms. The number of nitrogens with one attached hydrogen (secondary N) is 1. The van der Waals surface area contributed by atoms with Crippen LogP contribution in [0.15, 0.2) is 33.4 Å². The Morgan fingerprint density at radius 2 is 2.31 bits per heavy atom. The number of aromatic nitrogens is 1. The Kier molecular flexibility index (Phi) is 3.36. The maximum Gasteiger partial charge on any atom is 0.229 e. The van der Waals surface area contributed by atoms with E-state index in [0.29, 0.717) is 22.5 Å². The lowest BCUT2D eigenvalue weighted by Gasteiger charge is -1.98. The van der Waals surface area contributed by atoms with Gasteiger partial charge in [-0.25, -0.2) is 9.37 Å². The molecule has 2 rings (SSSR count). The SMILES string of the molecule is CNCc1coc(-c2ccc(Br)cc2F)n1. The average Bonchev–Trinajstić information content (AvgIpc) is 2.67. The van der Waals surface area contributed by atoms with Gasteiger partial charge in [0.1, 0.15) is 12.1 Å². The van der Waals surface area contributed by atoms with Crippen LogP contribution in [0.25, 0.3) is 11.5 Å². The van der Waals surface area contributed by atoms with E-state index in [1.54, 1.807) is 12.1 Å². The number of hydrogen-bond acceptors (Lipinski definition) is 3. The lowest BCUT2D eigenvalue weighted by Crippen LogP contribution is -2.04. The van der Waals surface area contributed by atoms with Gasteiger partial charge in [-0.3, -0.25) is 0 Å². The van der Waals surface area contributed by atoms with Crippen LogP contribution in [0.4, 0.5) is 4.39 Å². The smallest absolute Gasteiger partial charge is 0.229 e. The van der Waals surface area contributed by atoms with E-state index in [4.69, 9.17) is 4.42 Å². The van der Waals surface area contributed by atoms with Crippen LogP contribution >= 0.6 is 15.9 Å². The molecule has 0 bridgehead atoms. The highest BCUT2D eigenvalue weighted by Gasteiger charge is 2.11. The molecule has 0 unspecified atom stereocenters. The Morgan fingerprint density at radius 1 is 1.50 bits per heavy atom. The van der Waals surface area contributed by atoms with Crippen LogP contribution < -0.4 is 5.32 Å². The first-order valence-electron chi connectivity index (χ1n) is 4.75. The molecule has 0 aliphatic heterocycles. The number of oxazole rings is 1. The van der Waals surface area contributed by atoms with E-state index in [-0.39, 0.29) is 5.82 Å². The zero-order valence-electron chi connectivity index (χ0n) is 8.63. The monoisotopic (exact) mass is 284 g/mol. The van der Waals surface area contributed by atoms with Crippen molar-refractivity contribution in [1.29, 1.82) is 0 Å². The van der Waals surface area contributed by atoms with Crippen LogP contribution in [0.2, 0.25) is 0 Å². The molecule has 1 aromatic heterocycles. The predicted octanol–water partition coefficient (Wildman–Crippen LogP) is 2.96. The summed E-state index contributed by atoms with van der Waals surface area (Å²) in [5, 5.41) is 2.95. The Hall–Kier alpha value is -1.20. The van der Waals surface area contributed by atoms with Crippen LogP contribution in [0.5, 0.6) is 0 Å². The van der Waals surface area contributed by atoms with E-state index < -0.39 is 0 Å². The van der Waals surface area contributed by atoms with Crippen LogP contribution in [-0.2, 0) is 6.54 Å². The van der Waals surface area contributed by atoms with Crippen LogP contribution in [0.1, 0.15) is 5.69 Å². The fourth-order valence-electron chi connectivity index (χ4n) is 1.36. The third-order valence-corrected chi connectivity index (χ3v) is 2.56. The second kappa shape index (κ2) is 4.76. The quantitative estimate of drug-likeness (QED) is 0.942. The summed E-state index contributed by atoms with van der Waals surface area (Å²) in [6.07, 6.45) is 1.52. The summed E-state index contributed by atoms with van der Waals surface area (Å²) in [5.74, 6) is -0.0533. The Balaban J connectivity index is 2.35. The second-order valence-corrected chi connectivity index (χ2v) is 4.21. The Morgan fingerprint density at radius 3 is 3.00 bits per heavy atom. The van der Waals surface area contributed by atoms with Gasteiger partial charge in [0.05, 0.1) is 11.3 Å². The summed E-state index contributed by atoms with van der Waals surface area (Å²) in [6, 6.07) is 4.77. The number of rotatable bonds is 3. The maximum absolute atomic E-state index is 13.6. The van der Waals surface area contributed by atoms with Gasteiger partial charge in [-0.15, -0.1) is 0 Å². The van der Waals surface area contributed by atoms with E-state index in [2.05, 4.69) is 26.2 Å². The number of benzene rings is 1. The molecule has 0 saturated heterocycles. The zero-order valence-corrected chi connectivity index (χ0v) is 10.2. The minimum absolute atomic E-state index is 0.301. The average molecular weight is 285 g/mol. The van der Waals surface area contributed by atoms with Gasteiger partial charge in [0, 0.05) is 11.0 Å². The van der Waals surface area contributed by atoms with Crippen molar-refractivity contribution in [3.05, 3.63) is 40.4 Å². The highest BCUT2D eigenvalue weighted by Crippen LogP contribution is 2.24. The van der Waals surface area contributed by atoms with Crippen molar-refractivity contribution in [3.8, 4) is 11.5 Å². The molecule has 0 radical (unpaired) electrons. The highest BCUT2D eigenvalue weighted by molar-refractivity contribution is 9.10. The molecule has 3 nitrogen and oxygen atoms in total. The molecule has 0 saturated carbocycles. The molecule has 84 valence electrons. The Labute approximate surface area is 101 Å². The molecule has 1 aromatic carbocycles. The molecule has 2 aromatic rings. The van der Waals surface area contributed by atoms with E-state index in [1.165, 1.54) is 12.3 Å². The van der Waals surface area contributed by atoms with Gasteiger partial charge >= 0.3 is 0 Å². The summed E-state index contributed by atoms with van der Waals surface area (Å²) in [6.45, 7) is 0.599. The van der Waals surface area contributed by atoms with Crippen molar-refractivity contribution in [2.75, 3.05) is 7.05 Å². The molecule has 0 fully saturated rings. The fourth-order valence-corrected chi connectivity index (χ4v) is 1.69. The van der Waals surface area contributed by atoms with E-state index >= 15 is 0 Å². The summed E-state index contributed by atoms with van der Waals surface area (Å²) in [5.41, 5.74) is 1.12. The molecule has 5 heteroatoms. The van der Waals surface area contributed by atoms with Crippen molar-refractivity contribution in [1.82, 2.24) is 10.3 Å². The second-order valence-electron chi connectivity index (χ2n) is 3.30. The van der Waals surface area contributed by atoms with Gasteiger partial charge in [-0.05, 0) is 25.2 Å². The van der Waals surface area contributed by atoms with Crippen LogP contribution in [0.3, 0.4) is 0 Å². The lowest BCUT2D eigenvalue weighted by molar-refractivity contribution is 0.560. The third kappa shape index (κ3) is 2.31. The molecular weight excluding hydrogens is 275 g/mol. The highest BCUT2D eigenvalue weighted by atomic mass is 79.9. The molecule has 1 N–H and O–H groups in total. The zero-order chi connectivity index (χ0) is 11.5. The van der Waals surface area contributed by atoms with Crippen molar-refractivity contribution in [2.24, 2.45) is 0 Å².